The van der Waals surface area contributed by atoms with Crippen LogP contribution in [-0.4, -0.2) is 23.9 Å². The van der Waals surface area contributed by atoms with Gasteiger partial charge in [-0.2, -0.15) is 0 Å². The lowest BCUT2D eigenvalue weighted by atomic mass is 10.1. The molecule has 0 aliphatic heterocycles. The molecule has 0 aliphatic rings. The van der Waals surface area contributed by atoms with E-state index in [4.69, 9.17) is 0 Å². The molecule has 0 spiro atoms. The fraction of sp³-hybridized carbons (Fsp3) is 0.417. The van der Waals surface area contributed by atoms with Crippen molar-refractivity contribution in [2.45, 2.75) is 26.8 Å². The molecule has 1 aromatic rings. The van der Waals surface area contributed by atoms with E-state index in [1.807, 2.05) is 13.8 Å². The zero-order chi connectivity index (χ0) is 11.6. The number of carbonyl (C=O) groups excluding carboxylic acids is 1. The van der Waals surface area contributed by atoms with Gasteiger partial charge in [-0.25, -0.2) is 4.39 Å². The Morgan fingerprint density at radius 2 is 2.00 bits per heavy atom. The molecule has 0 heterocycles. The van der Waals surface area contributed by atoms with Crippen molar-refractivity contribution in [1.29, 1.82) is 0 Å². The summed E-state index contributed by atoms with van der Waals surface area (Å²) in [5.41, 5.74) is 0.952. The molecular formula is C12H16FNO. The van der Waals surface area contributed by atoms with E-state index in [0.717, 1.165) is 5.56 Å². The summed E-state index contributed by atoms with van der Waals surface area (Å²) < 4.78 is 13.5. The Morgan fingerprint density at radius 1 is 1.40 bits per heavy atom. The lowest BCUT2D eigenvalue weighted by Gasteiger charge is -2.21. The van der Waals surface area contributed by atoms with Gasteiger partial charge in [-0.15, -0.1) is 0 Å². The summed E-state index contributed by atoms with van der Waals surface area (Å²) in [4.78, 5) is 13.3. The highest BCUT2D eigenvalue weighted by atomic mass is 19.1. The maximum absolute atomic E-state index is 13.5. The normalized spacial score (nSPS) is 10.5. The Kier molecular flexibility index (Phi) is 3.45. The minimum atomic E-state index is -0.451. The third kappa shape index (κ3) is 2.55. The number of hydrogen-bond acceptors (Lipinski definition) is 1. The highest BCUT2D eigenvalue weighted by molar-refractivity contribution is 5.94. The predicted octanol–water partition coefficient (Wildman–Crippen LogP) is 2.61. The van der Waals surface area contributed by atoms with Crippen LogP contribution in [0.25, 0.3) is 0 Å². The van der Waals surface area contributed by atoms with E-state index < -0.39 is 5.82 Å². The molecule has 82 valence electrons. The summed E-state index contributed by atoms with van der Waals surface area (Å²) in [6.07, 6.45) is 0. The minimum absolute atomic E-state index is 0.0678. The van der Waals surface area contributed by atoms with Gasteiger partial charge in [-0.3, -0.25) is 4.79 Å². The lowest BCUT2D eigenvalue weighted by molar-refractivity contribution is 0.0750. The summed E-state index contributed by atoms with van der Waals surface area (Å²) >= 11 is 0. The van der Waals surface area contributed by atoms with Gasteiger partial charge in [0.2, 0.25) is 0 Å². The first-order valence-corrected chi connectivity index (χ1v) is 4.96. The number of benzene rings is 1. The van der Waals surface area contributed by atoms with Gasteiger partial charge in [-0.1, -0.05) is 6.07 Å². The molecule has 1 rings (SSSR count). The second-order valence-electron chi connectivity index (χ2n) is 3.99. The smallest absolute Gasteiger partial charge is 0.256 e. The molecule has 0 unspecified atom stereocenters. The van der Waals surface area contributed by atoms with Gasteiger partial charge in [0.05, 0.1) is 5.56 Å². The molecule has 1 aromatic carbocycles. The van der Waals surface area contributed by atoms with Gasteiger partial charge >= 0.3 is 0 Å². The van der Waals surface area contributed by atoms with Gasteiger partial charge in [-0.05, 0) is 38.5 Å². The van der Waals surface area contributed by atoms with Crippen molar-refractivity contribution in [2.75, 3.05) is 7.05 Å². The van der Waals surface area contributed by atoms with Crippen molar-refractivity contribution in [3.63, 3.8) is 0 Å². The SMILES string of the molecule is Cc1ccc(C(=O)N(C)C(C)C)c(F)c1. The van der Waals surface area contributed by atoms with E-state index >= 15 is 0 Å². The monoisotopic (exact) mass is 209 g/mol. The second kappa shape index (κ2) is 4.43. The predicted molar refractivity (Wildman–Crippen MR) is 58.4 cm³/mol. The first-order valence-electron chi connectivity index (χ1n) is 4.96. The number of amides is 1. The van der Waals surface area contributed by atoms with Gasteiger partial charge in [0.15, 0.2) is 0 Å². The Balaban J connectivity index is 3.01. The zero-order valence-corrected chi connectivity index (χ0v) is 9.54. The highest BCUT2D eigenvalue weighted by Gasteiger charge is 2.17. The Bertz CT molecular complexity index is 374. The fourth-order valence-electron chi connectivity index (χ4n) is 1.22. The summed E-state index contributed by atoms with van der Waals surface area (Å²) in [6, 6.07) is 4.72. The summed E-state index contributed by atoms with van der Waals surface area (Å²) in [5, 5.41) is 0. The summed E-state index contributed by atoms with van der Waals surface area (Å²) in [7, 11) is 1.67. The Hall–Kier alpha value is -1.38. The molecule has 1 amide bonds. The number of carbonyl (C=O) groups is 1. The first-order chi connectivity index (χ1) is 6.93. The number of nitrogens with zero attached hydrogens (tertiary/aromatic N) is 1. The molecule has 2 nitrogen and oxygen atoms in total. The molecule has 0 saturated heterocycles. The highest BCUT2D eigenvalue weighted by Crippen LogP contribution is 2.13. The average molecular weight is 209 g/mol. The van der Waals surface area contributed by atoms with Crippen LogP contribution in [-0.2, 0) is 0 Å². The molecule has 0 bridgehead atoms. The number of aryl methyl sites for hydroxylation is 1. The fourth-order valence-corrected chi connectivity index (χ4v) is 1.22. The zero-order valence-electron chi connectivity index (χ0n) is 9.54. The third-order valence-corrected chi connectivity index (χ3v) is 2.45. The van der Waals surface area contributed by atoms with E-state index in [9.17, 15) is 9.18 Å². The van der Waals surface area contributed by atoms with Crippen LogP contribution in [0.2, 0.25) is 0 Å². The second-order valence-corrected chi connectivity index (χ2v) is 3.99. The van der Waals surface area contributed by atoms with Crippen LogP contribution in [0.5, 0.6) is 0 Å². The van der Waals surface area contributed by atoms with Crippen molar-refractivity contribution in [2.24, 2.45) is 0 Å². The van der Waals surface area contributed by atoms with Crippen LogP contribution in [0, 0.1) is 12.7 Å². The maximum Gasteiger partial charge on any atom is 0.256 e. The number of halogens is 1. The van der Waals surface area contributed by atoms with Crippen molar-refractivity contribution in [3.8, 4) is 0 Å². The van der Waals surface area contributed by atoms with E-state index in [1.54, 1.807) is 20.0 Å². The van der Waals surface area contributed by atoms with E-state index in [0.29, 0.717) is 0 Å². The van der Waals surface area contributed by atoms with Crippen molar-refractivity contribution < 1.29 is 9.18 Å². The molecule has 15 heavy (non-hydrogen) atoms. The molecule has 3 heteroatoms. The number of rotatable bonds is 2. The molecular weight excluding hydrogens is 193 g/mol. The third-order valence-electron chi connectivity index (χ3n) is 2.45. The first kappa shape index (κ1) is 11.7. The largest absolute Gasteiger partial charge is 0.339 e. The Labute approximate surface area is 89.7 Å². The minimum Gasteiger partial charge on any atom is -0.339 e. The number of hydrogen-bond donors (Lipinski definition) is 0. The van der Waals surface area contributed by atoms with Crippen molar-refractivity contribution in [1.82, 2.24) is 4.90 Å². The molecule has 0 radical (unpaired) electrons. The quantitative estimate of drug-likeness (QED) is 0.733. The van der Waals surface area contributed by atoms with Crippen LogP contribution < -0.4 is 0 Å². The van der Waals surface area contributed by atoms with Crippen LogP contribution >= 0.6 is 0 Å². The Morgan fingerprint density at radius 3 is 2.47 bits per heavy atom. The van der Waals surface area contributed by atoms with Gasteiger partial charge < -0.3 is 4.90 Å². The van der Waals surface area contributed by atoms with Crippen molar-refractivity contribution >= 4 is 5.91 Å². The molecule has 0 atom stereocenters. The average Bonchev–Trinajstić information content (AvgIpc) is 2.15. The van der Waals surface area contributed by atoms with Gasteiger partial charge in [0, 0.05) is 13.1 Å². The molecule has 0 N–H and O–H groups in total. The van der Waals surface area contributed by atoms with Crippen LogP contribution in [0.15, 0.2) is 18.2 Å². The molecule has 0 fully saturated rings. The van der Waals surface area contributed by atoms with Crippen LogP contribution in [0.4, 0.5) is 4.39 Å². The summed E-state index contributed by atoms with van der Waals surface area (Å²) in [6.45, 7) is 5.58. The summed E-state index contributed by atoms with van der Waals surface area (Å²) in [5.74, 6) is -0.727. The van der Waals surface area contributed by atoms with Gasteiger partial charge in [0.25, 0.3) is 5.91 Å². The van der Waals surface area contributed by atoms with E-state index in [1.165, 1.54) is 17.0 Å². The maximum atomic E-state index is 13.5. The lowest BCUT2D eigenvalue weighted by Crippen LogP contribution is -2.33. The van der Waals surface area contributed by atoms with Gasteiger partial charge in [0.1, 0.15) is 5.82 Å². The molecule has 0 aromatic heterocycles. The standard InChI is InChI=1S/C12H16FNO/c1-8(2)14(4)12(15)10-6-5-9(3)7-11(10)13/h5-8H,1-4H3. The van der Waals surface area contributed by atoms with E-state index in [2.05, 4.69) is 0 Å². The van der Waals surface area contributed by atoms with E-state index in [-0.39, 0.29) is 17.5 Å². The molecule has 0 saturated carbocycles. The van der Waals surface area contributed by atoms with Crippen molar-refractivity contribution in [3.05, 3.63) is 35.1 Å². The molecule has 0 aliphatic carbocycles. The van der Waals surface area contributed by atoms with Crippen LogP contribution in [0.3, 0.4) is 0 Å². The topological polar surface area (TPSA) is 20.3 Å². The van der Waals surface area contributed by atoms with Crippen LogP contribution in [0.1, 0.15) is 29.8 Å².